The van der Waals surface area contributed by atoms with Crippen molar-refractivity contribution in [3.8, 4) is 16.9 Å². The predicted octanol–water partition coefficient (Wildman–Crippen LogP) is 7.50. The molecule has 3 unspecified atom stereocenters. The highest BCUT2D eigenvalue weighted by atomic mass is 32.2. The quantitative estimate of drug-likeness (QED) is 0.0830. The van der Waals surface area contributed by atoms with Crippen LogP contribution in [0.5, 0.6) is 5.75 Å². The third kappa shape index (κ3) is 10.7. The lowest BCUT2D eigenvalue weighted by molar-refractivity contribution is -0.245. The van der Waals surface area contributed by atoms with Crippen LogP contribution in [0, 0.1) is 0 Å². The topological polar surface area (TPSA) is 106 Å². The van der Waals surface area contributed by atoms with Crippen molar-refractivity contribution in [1.82, 2.24) is 10.6 Å². The van der Waals surface area contributed by atoms with Gasteiger partial charge in [0.1, 0.15) is 5.75 Å². The van der Waals surface area contributed by atoms with Crippen molar-refractivity contribution in [1.29, 1.82) is 0 Å². The number of ether oxygens (including phenoxy) is 3. The number of aliphatic hydroxyl groups is 1. The molecule has 1 aliphatic heterocycles. The minimum Gasteiger partial charge on any atom is -0.496 e. The van der Waals surface area contributed by atoms with Crippen LogP contribution in [-0.2, 0) is 32.2 Å². The van der Waals surface area contributed by atoms with E-state index in [1.165, 1.54) is 6.92 Å². The fraction of sp³-hybridized carbons (Fsp3) is 0.350. The van der Waals surface area contributed by atoms with Gasteiger partial charge in [-0.2, -0.15) is 0 Å². The molecule has 4 aromatic carbocycles. The number of carbonyl (C=O) groups excluding carboxylic acids is 2. The standard InChI is InChI=1S/C40H46N2O6S/c1-28(44)41-23-9-3-4-14-39(45)42-25-33-10-5-6-11-35(33)30-19-21-32(22-20-30)40-47-34(27-49-38-13-8-7-12-36(38)46-2)24-37(48-40)31-17-15-29(26-43)16-18-31/h5-8,10-13,15-22,34,37,40,43H,3-4,9,14,23-27H2,1-2H3,(H,41,44)(H,42,45). The van der Waals surface area contributed by atoms with Crippen molar-refractivity contribution in [3.05, 3.63) is 119 Å². The summed E-state index contributed by atoms with van der Waals surface area (Å²) in [5, 5.41) is 15.4. The fourth-order valence-electron chi connectivity index (χ4n) is 5.85. The number of hydrogen-bond acceptors (Lipinski definition) is 7. The average molecular weight is 683 g/mol. The molecule has 8 nitrogen and oxygen atoms in total. The third-order valence-electron chi connectivity index (χ3n) is 8.55. The highest BCUT2D eigenvalue weighted by molar-refractivity contribution is 7.99. The molecule has 0 saturated carbocycles. The van der Waals surface area contributed by atoms with Crippen molar-refractivity contribution in [2.24, 2.45) is 0 Å². The predicted molar refractivity (Wildman–Crippen MR) is 193 cm³/mol. The first-order chi connectivity index (χ1) is 23.9. The summed E-state index contributed by atoms with van der Waals surface area (Å²) in [5.74, 6) is 1.58. The number of methoxy groups -OCH3 is 1. The summed E-state index contributed by atoms with van der Waals surface area (Å²) in [6.45, 7) is 2.60. The van der Waals surface area contributed by atoms with Gasteiger partial charge in [0, 0.05) is 49.1 Å². The Bertz CT molecular complexity index is 1650. The first kappa shape index (κ1) is 36.1. The van der Waals surface area contributed by atoms with Crippen LogP contribution in [0.2, 0.25) is 0 Å². The van der Waals surface area contributed by atoms with E-state index in [0.29, 0.717) is 25.9 Å². The Morgan fingerprint density at radius 3 is 2.35 bits per heavy atom. The van der Waals surface area contributed by atoms with Crippen molar-refractivity contribution in [2.75, 3.05) is 19.4 Å². The monoisotopic (exact) mass is 682 g/mol. The summed E-state index contributed by atoms with van der Waals surface area (Å²) in [5.41, 5.74) is 5.98. The second-order valence-corrected chi connectivity index (χ2v) is 13.2. The molecule has 9 heteroatoms. The molecular formula is C40H46N2O6S. The summed E-state index contributed by atoms with van der Waals surface area (Å²) < 4.78 is 18.7. The molecule has 1 aliphatic rings. The highest BCUT2D eigenvalue weighted by Crippen LogP contribution is 2.41. The summed E-state index contributed by atoms with van der Waals surface area (Å²) >= 11 is 1.71. The van der Waals surface area contributed by atoms with Crippen LogP contribution in [-0.4, -0.2) is 42.4 Å². The Morgan fingerprint density at radius 2 is 1.59 bits per heavy atom. The van der Waals surface area contributed by atoms with Crippen LogP contribution >= 0.6 is 11.8 Å². The second-order valence-electron chi connectivity index (χ2n) is 12.2. The zero-order valence-corrected chi connectivity index (χ0v) is 29.0. The minimum atomic E-state index is -0.554. The number of carbonyl (C=O) groups is 2. The zero-order valence-electron chi connectivity index (χ0n) is 28.2. The number of para-hydroxylation sites is 1. The van der Waals surface area contributed by atoms with Crippen LogP contribution in [0.4, 0.5) is 0 Å². The maximum atomic E-state index is 12.5. The molecule has 4 aromatic rings. The Balaban J connectivity index is 1.24. The van der Waals surface area contributed by atoms with Crippen LogP contribution < -0.4 is 15.4 Å². The number of hydrogen-bond donors (Lipinski definition) is 3. The van der Waals surface area contributed by atoms with E-state index in [9.17, 15) is 14.7 Å². The van der Waals surface area contributed by atoms with Gasteiger partial charge in [-0.15, -0.1) is 11.8 Å². The number of rotatable bonds is 16. The van der Waals surface area contributed by atoms with Gasteiger partial charge in [0.2, 0.25) is 11.8 Å². The molecule has 0 bridgehead atoms. The van der Waals surface area contributed by atoms with E-state index in [2.05, 4.69) is 47.0 Å². The SMILES string of the molecule is COc1ccccc1SCC1CC(c2ccc(CO)cc2)OC(c2ccc(-c3ccccc3CNC(=O)CCCCCNC(C)=O)cc2)O1. The van der Waals surface area contributed by atoms with Gasteiger partial charge in [-0.25, -0.2) is 0 Å². The first-order valence-electron chi connectivity index (χ1n) is 16.9. The molecule has 5 rings (SSSR count). The largest absolute Gasteiger partial charge is 0.496 e. The molecule has 0 aromatic heterocycles. The van der Waals surface area contributed by atoms with E-state index in [0.717, 1.165) is 69.0 Å². The Labute approximate surface area is 293 Å². The van der Waals surface area contributed by atoms with Crippen LogP contribution in [0.3, 0.4) is 0 Å². The zero-order chi connectivity index (χ0) is 34.4. The lowest BCUT2D eigenvalue weighted by Gasteiger charge is -2.36. The van der Waals surface area contributed by atoms with Gasteiger partial charge in [-0.05, 0) is 52.8 Å². The molecule has 1 saturated heterocycles. The van der Waals surface area contributed by atoms with Crippen molar-refractivity contribution in [2.45, 2.75) is 75.6 Å². The van der Waals surface area contributed by atoms with E-state index < -0.39 is 6.29 Å². The molecular weight excluding hydrogens is 637 g/mol. The minimum absolute atomic E-state index is 0.000311. The van der Waals surface area contributed by atoms with E-state index >= 15 is 0 Å². The average Bonchev–Trinajstić information content (AvgIpc) is 3.14. The molecule has 49 heavy (non-hydrogen) atoms. The smallest absolute Gasteiger partial charge is 0.220 e. The molecule has 0 aliphatic carbocycles. The number of thioether (sulfide) groups is 1. The number of unbranched alkanes of at least 4 members (excludes halogenated alkanes) is 2. The van der Waals surface area contributed by atoms with E-state index in [1.807, 2.05) is 60.7 Å². The Kier molecular flexibility index (Phi) is 13.7. The summed E-state index contributed by atoms with van der Waals surface area (Å²) in [6.07, 6.45) is 2.91. The Morgan fingerprint density at radius 1 is 0.857 bits per heavy atom. The van der Waals surface area contributed by atoms with Crippen molar-refractivity contribution < 1.29 is 28.9 Å². The van der Waals surface area contributed by atoms with Gasteiger partial charge in [-0.1, -0.05) is 91.3 Å². The summed E-state index contributed by atoms with van der Waals surface area (Å²) in [6, 6.07) is 32.3. The highest BCUT2D eigenvalue weighted by Gasteiger charge is 2.32. The van der Waals surface area contributed by atoms with Gasteiger partial charge in [-0.3, -0.25) is 9.59 Å². The second kappa shape index (κ2) is 18.6. The molecule has 1 heterocycles. The summed E-state index contributed by atoms with van der Waals surface area (Å²) in [4.78, 5) is 24.6. The van der Waals surface area contributed by atoms with E-state index in [-0.39, 0.29) is 30.6 Å². The Hall–Kier alpha value is -4.15. The van der Waals surface area contributed by atoms with E-state index in [4.69, 9.17) is 14.2 Å². The molecule has 2 amide bonds. The van der Waals surface area contributed by atoms with Crippen molar-refractivity contribution >= 4 is 23.6 Å². The number of nitrogens with one attached hydrogen (secondary N) is 2. The molecule has 1 fully saturated rings. The first-order valence-corrected chi connectivity index (χ1v) is 17.9. The van der Waals surface area contributed by atoms with Crippen molar-refractivity contribution in [3.63, 3.8) is 0 Å². The maximum Gasteiger partial charge on any atom is 0.220 e. The lowest BCUT2D eigenvalue weighted by Crippen LogP contribution is -2.31. The normalized spacial score (nSPS) is 17.3. The molecule has 258 valence electrons. The number of aliphatic hydroxyl groups excluding tert-OH is 1. The van der Waals surface area contributed by atoms with Gasteiger partial charge in [0.05, 0.1) is 25.9 Å². The maximum absolute atomic E-state index is 12.5. The van der Waals surface area contributed by atoms with Gasteiger partial charge in [0.25, 0.3) is 0 Å². The lowest BCUT2D eigenvalue weighted by atomic mass is 9.97. The van der Waals surface area contributed by atoms with Crippen LogP contribution in [0.1, 0.15) is 73.7 Å². The fourth-order valence-corrected chi connectivity index (χ4v) is 6.90. The molecule has 0 radical (unpaired) electrons. The number of amides is 2. The van der Waals surface area contributed by atoms with Gasteiger partial charge >= 0.3 is 0 Å². The van der Waals surface area contributed by atoms with Crippen LogP contribution in [0.25, 0.3) is 11.1 Å². The molecule has 3 atom stereocenters. The van der Waals surface area contributed by atoms with Gasteiger partial charge in [0.15, 0.2) is 6.29 Å². The molecule has 3 N–H and O–H groups in total. The third-order valence-corrected chi connectivity index (χ3v) is 9.74. The van der Waals surface area contributed by atoms with Gasteiger partial charge < -0.3 is 30.0 Å². The number of benzene rings is 4. The molecule has 0 spiro atoms. The van der Waals surface area contributed by atoms with E-state index in [1.54, 1.807) is 18.9 Å². The van der Waals surface area contributed by atoms with Crippen LogP contribution in [0.15, 0.2) is 102 Å². The summed E-state index contributed by atoms with van der Waals surface area (Å²) in [7, 11) is 1.69.